The molecule has 1 aromatic heterocycles. The lowest BCUT2D eigenvalue weighted by Crippen LogP contribution is -2.27. The van der Waals surface area contributed by atoms with Gasteiger partial charge in [-0.15, -0.1) is 0 Å². The number of hydrogen-bond acceptors (Lipinski definition) is 4. The van der Waals surface area contributed by atoms with Gasteiger partial charge in [0.2, 0.25) is 0 Å². The van der Waals surface area contributed by atoms with Crippen LogP contribution in [0.15, 0.2) is 41.1 Å². The molecular weight excluding hydrogens is 372 g/mol. The Balaban J connectivity index is 2.23. The van der Waals surface area contributed by atoms with E-state index in [0.29, 0.717) is 30.3 Å². The number of benzene rings is 1. The van der Waals surface area contributed by atoms with Gasteiger partial charge < -0.3 is 14.8 Å². The van der Waals surface area contributed by atoms with Gasteiger partial charge in [0, 0.05) is 16.9 Å². The second-order valence-electron chi connectivity index (χ2n) is 5.12. The first-order valence-electron chi connectivity index (χ1n) is 7.86. The summed E-state index contributed by atoms with van der Waals surface area (Å²) in [4.78, 5) is 16.3. The van der Waals surface area contributed by atoms with E-state index in [-0.39, 0.29) is 11.9 Å². The van der Waals surface area contributed by atoms with Crippen molar-refractivity contribution in [3.63, 3.8) is 0 Å². The first-order valence-corrected chi connectivity index (χ1v) is 8.66. The average Bonchev–Trinajstić information content (AvgIpc) is 2.58. The van der Waals surface area contributed by atoms with Crippen molar-refractivity contribution in [2.45, 2.75) is 26.8 Å². The van der Waals surface area contributed by atoms with Crippen LogP contribution in [0.1, 0.15) is 42.7 Å². The summed E-state index contributed by atoms with van der Waals surface area (Å²) >= 11 is 3.55. The van der Waals surface area contributed by atoms with E-state index in [1.807, 2.05) is 32.9 Å². The van der Waals surface area contributed by atoms with E-state index in [1.54, 1.807) is 24.5 Å². The number of halogens is 1. The molecule has 0 spiro atoms. The second kappa shape index (κ2) is 8.68. The van der Waals surface area contributed by atoms with Crippen LogP contribution in [0.5, 0.6) is 11.5 Å². The summed E-state index contributed by atoms with van der Waals surface area (Å²) in [5, 5.41) is 2.97. The van der Waals surface area contributed by atoms with E-state index >= 15 is 0 Å². The summed E-state index contributed by atoms with van der Waals surface area (Å²) in [5.74, 6) is 1.18. The smallest absolute Gasteiger partial charge is 0.253 e. The van der Waals surface area contributed by atoms with Crippen molar-refractivity contribution in [3.8, 4) is 11.5 Å². The topological polar surface area (TPSA) is 60.5 Å². The number of carbonyl (C=O) groups excluding carboxylic acids is 1. The molecule has 5 nitrogen and oxygen atoms in total. The Bertz CT molecular complexity index is 692. The molecule has 0 aliphatic carbocycles. The maximum Gasteiger partial charge on any atom is 0.253 e. The number of aromatic nitrogens is 1. The Morgan fingerprint density at radius 3 is 2.50 bits per heavy atom. The van der Waals surface area contributed by atoms with Gasteiger partial charge in [-0.2, -0.15) is 0 Å². The lowest BCUT2D eigenvalue weighted by Gasteiger charge is -2.19. The van der Waals surface area contributed by atoms with Crippen molar-refractivity contribution in [2.75, 3.05) is 13.2 Å². The number of carbonyl (C=O) groups is 1. The van der Waals surface area contributed by atoms with Crippen LogP contribution in [-0.4, -0.2) is 24.1 Å². The first-order chi connectivity index (χ1) is 11.6. The maximum atomic E-state index is 12.3. The largest absolute Gasteiger partial charge is 0.490 e. The highest BCUT2D eigenvalue weighted by Crippen LogP contribution is 2.36. The summed E-state index contributed by atoms with van der Waals surface area (Å²) in [6.07, 6.45) is 3.18. The summed E-state index contributed by atoms with van der Waals surface area (Å²) in [5.41, 5.74) is 1.44. The van der Waals surface area contributed by atoms with E-state index in [9.17, 15) is 4.79 Å². The zero-order chi connectivity index (χ0) is 17.5. The normalized spacial score (nSPS) is 11.7. The maximum absolute atomic E-state index is 12.3. The Morgan fingerprint density at radius 1 is 1.25 bits per heavy atom. The quantitative estimate of drug-likeness (QED) is 0.769. The van der Waals surface area contributed by atoms with Gasteiger partial charge in [-0.25, -0.2) is 0 Å². The van der Waals surface area contributed by atoms with Crippen molar-refractivity contribution >= 4 is 21.8 Å². The molecule has 24 heavy (non-hydrogen) atoms. The van der Waals surface area contributed by atoms with E-state index in [4.69, 9.17) is 9.47 Å². The number of nitrogens with zero attached hydrogens (tertiary/aromatic N) is 1. The summed E-state index contributed by atoms with van der Waals surface area (Å²) in [7, 11) is 0. The minimum absolute atomic E-state index is 0.172. The highest BCUT2D eigenvalue weighted by Gasteiger charge is 2.17. The van der Waals surface area contributed by atoms with E-state index in [0.717, 1.165) is 10.0 Å². The summed E-state index contributed by atoms with van der Waals surface area (Å²) in [6.45, 7) is 6.86. The van der Waals surface area contributed by atoms with Crippen molar-refractivity contribution in [1.82, 2.24) is 10.3 Å². The molecular formula is C18H21BrN2O3. The third-order valence-electron chi connectivity index (χ3n) is 3.40. The van der Waals surface area contributed by atoms with Gasteiger partial charge in [0.1, 0.15) is 0 Å². The lowest BCUT2D eigenvalue weighted by molar-refractivity contribution is 0.0939. The second-order valence-corrected chi connectivity index (χ2v) is 5.98. The minimum atomic E-state index is -0.207. The molecule has 1 aromatic carbocycles. The number of amides is 1. The molecule has 1 amide bonds. The van der Waals surface area contributed by atoms with Crippen LogP contribution >= 0.6 is 15.9 Å². The zero-order valence-electron chi connectivity index (χ0n) is 14.0. The standard InChI is InChI=1S/C18H21BrN2O3/c1-4-23-16-9-14(15(19)10-17(16)24-5-2)12(3)21-18(22)13-7-6-8-20-11-13/h6-12H,4-5H2,1-3H3,(H,21,22)/t12-/m0/s1. The van der Waals surface area contributed by atoms with Crippen LogP contribution in [-0.2, 0) is 0 Å². The first kappa shape index (κ1) is 18.3. The Kier molecular flexibility index (Phi) is 6.61. The average molecular weight is 393 g/mol. The Morgan fingerprint density at radius 2 is 1.92 bits per heavy atom. The molecule has 2 aromatic rings. The van der Waals surface area contributed by atoms with Crippen LogP contribution in [0.2, 0.25) is 0 Å². The predicted molar refractivity (Wildman–Crippen MR) is 96.6 cm³/mol. The van der Waals surface area contributed by atoms with Crippen molar-refractivity contribution in [1.29, 1.82) is 0 Å². The van der Waals surface area contributed by atoms with Crippen molar-refractivity contribution in [2.24, 2.45) is 0 Å². The summed E-state index contributed by atoms with van der Waals surface area (Å²) < 4.78 is 12.1. The fourth-order valence-electron chi connectivity index (χ4n) is 2.27. The molecule has 6 heteroatoms. The molecule has 128 valence electrons. The van der Waals surface area contributed by atoms with Gasteiger partial charge in [0.15, 0.2) is 11.5 Å². The minimum Gasteiger partial charge on any atom is -0.490 e. The number of rotatable bonds is 7. The molecule has 1 heterocycles. The van der Waals surface area contributed by atoms with Crippen molar-refractivity contribution in [3.05, 3.63) is 52.3 Å². The fourth-order valence-corrected chi connectivity index (χ4v) is 2.94. The van der Waals surface area contributed by atoms with Crippen LogP contribution < -0.4 is 14.8 Å². The molecule has 0 saturated carbocycles. The molecule has 0 fully saturated rings. The zero-order valence-corrected chi connectivity index (χ0v) is 15.6. The molecule has 0 unspecified atom stereocenters. The summed E-state index contributed by atoms with van der Waals surface area (Å²) in [6, 6.07) is 7.03. The predicted octanol–water partition coefficient (Wildman–Crippen LogP) is 4.13. The number of nitrogens with one attached hydrogen (secondary N) is 1. The molecule has 0 bridgehead atoms. The molecule has 1 N–H and O–H groups in total. The van der Waals surface area contributed by atoms with E-state index in [2.05, 4.69) is 26.2 Å². The molecule has 0 saturated heterocycles. The number of ether oxygens (including phenoxy) is 2. The van der Waals surface area contributed by atoms with Gasteiger partial charge in [-0.3, -0.25) is 9.78 Å². The van der Waals surface area contributed by atoms with E-state index in [1.165, 1.54) is 0 Å². The molecule has 0 radical (unpaired) electrons. The monoisotopic (exact) mass is 392 g/mol. The van der Waals surface area contributed by atoms with Gasteiger partial charge in [-0.1, -0.05) is 15.9 Å². The van der Waals surface area contributed by atoms with Crippen LogP contribution in [0.3, 0.4) is 0 Å². The fraction of sp³-hybridized carbons (Fsp3) is 0.333. The van der Waals surface area contributed by atoms with Gasteiger partial charge in [0.25, 0.3) is 5.91 Å². The van der Waals surface area contributed by atoms with Crippen LogP contribution in [0, 0.1) is 0 Å². The van der Waals surface area contributed by atoms with Gasteiger partial charge in [0.05, 0.1) is 24.8 Å². The highest BCUT2D eigenvalue weighted by molar-refractivity contribution is 9.10. The molecule has 1 atom stereocenters. The van der Waals surface area contributed by atoms with Gasteiger partial charge in [-0.05, 0) is 50.6 Å². The Hall–Kier alpha value is -2.08. The lowest BCUT2D eigenvalue weighted by atomic mass is 10.1. The number of hydrogen-bond donors (Lipinski definition) is 1. The van der Waals surface area contributed by atoms with Crippen LogP contribution in [0.4, 0.5) is 0 Å². The third-order valence-corrected chi connectivity index (χ3v) is 4.09. The SMILES string of the molecule is CCOc1cc(Br)c([C@H](C)NC(=O)c2cccnc2)cc1OCC. The van der Waals surface area contributed by atoms with Crippen molar-refractivity contribution < 1.29 is 14.3 Å². The highest BCUT2D eigenvalue weighted by atomic mass is 79.9. The Labute approximate surface area is 150 Å². The third kappa shape index (κ3) is 4.47. The van der Waals surface area contributed by atoms with Crippen LogP contribution in [0.25, 0.3) is 0 Å². The van der Waals surface area contributed by atoms with Gasteiger partial charge >= 0.3 is 0 Å². The molecule has 2 rings (SSSR count). The van der Waals surface area contributed by atoms with E-state index < -0.39 is 0 Å². The molecule has 0 aliphatic heterocycles. The number of pyridine rings is 1. The molecule has 0 aliphatic rings.